The van der Waals surface area contributed by atoms with E-state index in [0.29, 0.717) is 5.92 Å². The standard InChI is InChI=1S/C10H13N3O/c11-10-12-9(14-13-10)8-6-4-1-2-5(3-4)7(6)8/h4-8H,1-3H2,(H2,11,13). The van der Waals surface area contributed by atoms with Crippen LogP contribution in [0.15, 0.2) is 4.52 Å². The Morgan fingerprint density at radius 2 is 1.93 bits per heavy atom. The molecule has 0 saturated heterocycles. The maximum absolute atomic E-state index is 5.46. The molecule has 0 aromatic carbocycles. The fourth-order valence-electron chi connectivity index (χ4n) is 4.04. The third kappa shape index (κ3) is 0.713. The smallest absolute Gasteiger partial charge is 0.260 e. The summed E-state index contributed by atoms with van der Waals surface area (Å²) in [7, 11) is 0. The average molecular weight is 191 g/mol. The van der Waals surface area contributed by atoms with Gasteiger partial charge in [0, 0.05) is 5.92 Å². The van der Waals surface area contributed by atoms with Crippen molar-refractivity contribution in [2.45, 2.75) is 25.2 Å². The minimum Gasteiger partial charge on any atom is -0.365 e. The van der Waals surface area contributed by atoms with E-state index in [1.165, 1.54) is 19.3 Å². The van der Waals surface area contributed by atoms with Crippen molar-refractivity contribution in [3.63, 3.8) is 0 Å². The first-order valence-electron chi connectivity index (χ1n) is 5.43. The number of hydrogen-bond acceptors (Lipinski definition) is 4. The third-order valence-corrected chi connectivity index (χ3v) is 4.48. The zero-order chi connectivity index (χ0) is 9.28. The van der Waals surface area contributed by atoms with Crippen molar-refractivity contribution in [3.8, 4) is 0 Å². The van der Waals surface area contributed by atoms with Gasteiger partial charge in [0.1, 0.15) is 0 Å². The number of hydrogen-bond donors (Lipinski definition) is 1. The highest BCUT2D eigenvalue weighted by Crippen LogP contribution is 2.72. The highest BCUT2D eigenvalue weighted by molar-refractivity contribution is 5.25. The van der Waals surface area contributed by atoms with E-state index < -0.39 is 0 Å². The topological polar surface area (TPSA) is 64.9 Å². The lowest BCUT2D eigenvalue weighted by Crippen LogP contribution is -1.97. The molecule has 3 aliphatic carbocycles. The summed E-state index contributed by atoms with van der Waals surface area (Å²) >= 11 is 0. The van der Waals surface area contributed by atoms with E-state index in [9.17, 15) is 0 Å². The first-order chi connectivity index (χ1) is 6.84. The van der Waals surface area contributed by atoms with Crippen LogP contribution in [0.2, 0.25) is 0 Å². The van der Waals surface area contributed by atoms with Gasteiger partial charge in [0.05, 0.1) is 0 Å². The van der Waals surface area contributed by atoms with Gasteiger partial charge in [-0.05, 0) is 48.1 Å². The first-order valence-corrected chi connectivity index (χ1v) is 5.43. The number of anilines is 1. The molecule has 1 heterocycles. The summed E-state index contributed by atoms with van der Waals surface area (Å²) in [5.41, 5.74) is 5.46. The molecule has 3 aliphatic rings. The van der Waals surface area contributed by atoms with Gasteiger partial charge in [0.2, 0.25) is 5.89 Å². The molecule has 3 fully saturated rings. The van der Waals surface area contributed by atoms with Gasteiger partial charge in [0.25, 0.3) is 5.95 Å². The van der Waals surface area contributed by atoms with Crippen LogP contribution in [0.1, 0.15) is 31.1 Å². The fourth-order valence-corrected chi connectivity index (χ4v) is 4.04. The second-order valence-corrected chi connectivity index (χ2v) is 5.00. The largest absolute Gasteiger partial charge is 0.365 e. The number of aromatic nitrogens is 2. The normalized spacial score (nSPS) is 48.1. The van der Waals surface area contributed by atoms with Crippen molar-refractivity contribution in [2.24, 2.45) is 23.7 Å². The SMILES string of the molecule is Nc1noc(C2C3C4CCC(C4)C23)n1. The molecule has 4 unspecified atom stereocenters. The minimum atomic E-state index is 0.289. The van der Waals surface area contributed by atoms with Gasteiger partial charge in [-0.2, -0.15) is 4.98 Å². The highest BCUT2D eigenvalue weighted by atomic mass is 16.5. The Balaban J connectivity index is 1.66. The molecule has 4 heteroatoms. The Bertz CT molecular complexity index is 372. The Morgan fingerprint density at radius 1 is 1.21 bits per heavy atom. The molecule has 14 heavy (non-hydrogen) atoms. The van der Waals surface area contributed by atoms with Crippen LogP contribution in [-0.2, 0) is 0 Å². The summed E-state index contributed by atoms with van der Waals surface area (Å²) in [6, 6.07) is 0. The predicted octanol–water partition coefficient (Wildman–Crippen LogP) is 1.41. The number of nitrogen functional groups attached to an aromatic ring is 1. The highest BCUT2D eigenvalue weighted by Gasteiger charge is 2.67. The molecule has 0 aliphatic heterocycles. The molecule has 0 spiro atoms. The van der Waals surface area contributed by atoms with E-state index >= 15 is 0 Å². The molecule has 4 rings (SSSR count). The summed E-state index contributed by atoms with van der Waals surface area (Å²) in [5, 5.41) is 3.67. The molecular formula is C10H13N3O. The van der Waals surface area contributed by atoms with Crippen molar-refractivity contribution < 1.29 is 4.52 Å². The second kappa shape index (κ2) is 2.12. The second-order valence-electron chi connectivity index (χ2n) is 5.00. The van der Waals surface area contributed by atoms with Crippen LogP contribution in [0.5, 0.6) is 0 Å². The van der Waals surface area contributed by atoms with E-state index in [-0.39, 0.29) is 5.95 Å². The lowest BCUT2D eigenvalue weighted by Gasteiger charge is -2.04. The molecule has 0 amide bonds. The van der Waals surface area contributed by atoms with Crippen LogP contribution >= 0.6 is 0 Å². The molecule has 2 bridgehead atoms. The monoisotopic (exact) mass is 191 g/mol. The molecule has 0 radical (unpaired) electrons. The Morgan fingerprint density at radius 3 is 2.50 bits per heavy atom. The average Bonchev–Trinajstić information content (AvgIpc) is 2.58. The zero-order valence-electron chi connectivity index (χ0n) is 7.89. The van der Waals surface area contributed by atoms with Crippen LogP contribution in [0, 0.1) is 23.7 Å². The van der Waals surface area contributed by atoms with Gasteiger partial charge in [-0.25, -0.2) is 0 Å². The van der Waals surface area contributed by atoms with Gasteiger partial charge in [-0.1, -0.05) is 0 Å². The number of nitrogens with two attached hydrogens (primary N) is 1. The molecular weight excluding hydrogens is 178 g/mol. The van der Waals surface area contributed by atoms with Crippen molar-refractivity contribution >= 4 is 5.95 Å². The lowest BCUT2D eigenvalue weighted by atomic mass is 10.0. The number of rotatable bonds is 1. The van der Waals surface area contributed by atoms with Gasteiger partial charge in [-0.15, -0.1) is 0 Å². The first kappa shape index (κ1) is 7.26. The minimum absolute atomic E-state index is 0.289. The zero-order valence-corrected chi connectivity index (χ0v) is 7.89. The molecule has 3 saturated carbocycles. The van der Waals surface area contributed by atoms with Crippen LogP contribution in [0.25, 0.3) is 0 Å². The van der Waals surface area contributed by atoms with Gasteiger partial charge in [0.15, 0.2) is 0 Å². The summed E-state index contributed by atoms with van der Waals surface area (Å²) in [4.78, 5) is 4.15. The molecule has 74 valence electrons. The van der Waals surface area contributed by atoms with Gasteiger partial charge < -0.3 is 10.3 Å². The maximum atomic E-state index is 5.46. The maximum Gasteiger partial charge on any atom is 0.260 e. The van der Waals surface area contributed by atoms with E-state index in [1.54, 1.807) is 0 Å². The van der Waals surface area contributed by atoms with E-state index in [0.717, 1.165) is 29.6 Å². The predicted molar refractivity (Wildman–Crippen MR) is 49.3 cm³/mol. The molecule has 4 nitrogen and oxygen atoms in total. The summed E-state index contributed by atoms with van der Waals surface area (Å²) in [6.07, 6.45) is 4.30. The Labute approximate surface area is 81.9 Å². The number of nitrogens with zero attached hydrogens (tertiary/aromatic N) is 2. The van der Waals surface area contributed by atoms with Gasteiger partial charge in [-0.3, -0.25) is 0 Å². The Hall–Kier alpha value is -1.06. The molecule has 2 N–H and O–H groups in total. The summed E-state index contributed by atoms with van der Waals surface area (Å²) < 4.78 is 5.16. The summed E-state index contributed by atoms with van der Waals surface area (Å²) in [5.74, 6) is 5.26. The lowest BCUT2D eigenvalue weighted by molar-refractivity contribution is 0.356. The van der Waals surface area contributed by atoms with Crippen molar-refractivity contribution in [1.29, 1.82) is 0 Å². The van der Waals surface area contributed by atoms with Crippen LogP contribution in [0.3, 0.4) is 0 Å². The van der Waals surface area contributed by atoms with Gasteiger partial charge >= 0.3 is 0 Å². The van der Waals surface area contributed by atoms with E-state index in [1.807, 2.05) is 0 Å². The van der Waals surface area contributed by atoms with Crippen LogP contribution in [0.4, 0.5) is 5.95 Å². The van der Waals surface area contributed by atoms with Crippen molar-refractivity contribution in [2.75, 3.05) is 5.73 Å². The Kier molecular flexibility index (Phi) is 1.10. The fraction of sp³-hybridized carbons (Fsp3) is 0.800. The van der Waals surface area contributed by atoms with Crippen molar-refractivity contribution in [3.05, 3.63) is 5.89 Å². The molecule has 1 aromatic heterocycles. The quantitative estimate of drug-likeness (QED) is 0.728. The van der Waals surface area contributed by atoms with E-state index in [2.05, 4.69) is 10.1 Å². The third-order valence-electron chi connectivity index (χ3n) is 4.48. The van der Waals surface area contributed by atoms with E-state index in [4.69, 9.17) is 10.3 Å². The van der Waals surface area contributed by atoms with Crippen molar-refractivity contribution in [1.82, 2.24) is 10.1 Å². The van der Waals surface area contributed by atoms with Crippen LogP contribution in [-0.4, -0.2) is 10.1 Å². The molecule has 4 atom stereocenters. The summed E-state index contributed by atoms with van der Waals surface area (Å²) in [6.45, 7) is 0. The molecule has 1 aromatic rings. The van der Waals surface area contributed by atoms with Crippen LogP contribution < -0.4 is 5.73 Å². The number of fused-ring (bicyclic) bond motifs is 5.